The molecule has 184 valence electrons. The zero-order valence-electron chi connectivity index (χ0n) is 19.7. The minimum Gasteiger partial charge on any atom is -0.497 e. The van der Waals surface area contributed by atoms with Gasteiger partial charge in [0.1, 0.15) is 17.5 Å². The molecule has 3 aromatic carbocycles. The molecule has 0 spiro atoms. The van der Waals surface area contributed by atoms with E-state index < -0.39 is 6.04 Å². The number of methoxy groups -OCH3 is 1. The molecular weight excluding hydrogens is 532 g/mol. The van der Waals surface area contributed by atoms with Crippen LogP contribution in [0.2, 0.25) is 5.02 Å². The molecule has 0 aliphatic heterocycles. The lowest BCUT2D eigenvalue weighted by atomic mass is 10.0. The van der Waals surface area contributed by atoms with Gasteiger partial charge < -0.3 is 19.7 Å². The van der Waals surface area contributed by atoms with Crippen LogP contribution in [0.25, 0.3) is 0 Å². The SMILES string of the molecule is CCNC(=O)[C@@H](Cc1ccccc1)N(Cc1cccc(OC)c1)C(=O)COc1ccc(Cl)cc1Br. The first-order valence-electron chi connectivity index (χ1n) is 11.2. The Hall–Kier alpha value is -3.03. The van der Waals surface area contributed by atoms with Crippen molar-refractivity contribution in [1.82, 2.24) is 10.2 Å². The molecule has 3 aromatic rings. The summed E-state index contributed by atoms with van der Waals surface area (Å²) in [5.41, 5.74) is 1.79. The lowest BCUT2D eigenvalue weighted by molar-refractivity contribution is -0.142. The molecule has 0 bridgehead atoms. The molecule has 0 heterocycles. The van der Waals surface area contributed by atoms with Crippen LogP contribution in [0.15, 0.2) is 77.3 Å². The summed E-state index contributed by atoms with van der Waals surface area (Å²) in [6.45, 7) is 2.29. The molecule has 0 aliphatic rings. The second-order valence-corrected chi connectivity index (χ2v) is 9.13. The summed E-state index contributed by atoms with van der Waals surface area (Å²) < 4.78 is 11.8. The van der Waals surface area contributed by atoms with E-state index in [0.717, 1.165) is 11.1 Å². The van der Waals surface area contributed by atoms with Gasteiger partial charge in [-0.25, -0.2) is 0 Å². The Labute approximate surface area is 219 Å². The van der Waals surface area contributed by atoms with E-state index >= 15 is 0 Å². The molecule has 3 rings (SSSR count). The molecule has 0 fully saturated rings. The summed E-state index contributed by atoms with van der Waals surface area (Å²) in [6.07, 6.45) is 0.368. The highest BCUT2D eigenvalue weighted by Crippen LogP contribution is 2.28. The van der Waals surface area contributed by atoms with Crippen LogP contribution in [0.4, 0.5) is 0 Å². The van der Waals surface area contributed by atoms with Crippen molar-refractivity contribution in [3.8, 4) is 11.5 Å². The molecule has 0 unspecified atom stereocenters. The van der Waals surface area contributed by atoms with Gasteiger partial charge in [-0.15, -0.1) is 0 Å². The van der Waals surface area contributed by atoms with E-state index in [2.05, 4.69) is 21.2 Å². The summed E-state index contributed by atoms with van der Waals surface area (Å²) in [4.78, 5) is 28.3. The third-order valence-electron chi connectivity index (χ3n) is 5.35. The molecule has 1 N–H and O–H groups in total. The van der Waals surface area contributed by atoms with Crippen LogP contribution in [0.5, 0.6) is 11.5 Å². The molecule has 0 aromatic heterocycles. The molecule has 6 nitrogen and oxygen atoms in total. The van der Waals surface area contributed by atoms with Crippen LogP contribution < -0.4 is 14.8 Å². The second-order valence-electron chi connectivity index (χ2n) is 7.84. The number of halogens is 2. The van der Waals surface area contributed by atoms with Crippen molar-refractivity contribution in [1.29, 1.82) is 0 Å². The number of benzene rings is 3. The highest BCUT2D eigenvalue weighted by Gasteiger charge is 2.30. The van der Waals surface area contributed by atoms with E-state index in [1.54, 1.807) is 30.2 Å². The Morgan fingerprint density at radius 3 is 2.46 bits per heavy atom. The first-order valence-corrected chi connectivity index (χ1v) is 12.4. The van der Waals surface area contributed by atoms with Crippen LogP contribution in [0.3, 0.4) is 0 Å². The summed E-state index contributed by atoms with van der Waals surface area (Å²) in [5, 5.41) is 3.43. The standard InChI is InChI=1S/C27H28BrClN2O4/c1-3-30-27(33)24(15-19-8-5-4-6-9-19)31(17-20-10-7-11-22(14-20)34-2)26(32)18-35-25-13-12-21(29)16-23(25)28/h4-14,16,24H,3,15,17-18H2,1-2H3,(H,30,33)/t24-/m1/s1. The fourth-order valence-corrected chi connectivity index (χ4v) is 4.43. The average Bonchev–Trinajstić information content (AvgIpc) is 2.86. The monoisotopic (exact) mass is 558 g/mol. The van der Waals surface area contributed by atoms with Crippen molar-refractivity contribution in [2.75, 3.05) is 20.3 Å². The van der Waals surface area contributed by atoms with Gasteiger partial charge in [0.25, 0.3) is 5.91 Å². The first kappa shape index (κ1) is 26.6. The van der Waals surface area contributed by atoms with Gasteiger partial charge >= 0.3 is 0 Å². The van der Waals surface area contributed by atoms with E-state index in [0.29, 0.717) is 34.0 Å². The second kappa shape index (κ2) is 13.2. The maximum absolute atomic E-state index is 13.5. The number of hydrogen-bond acceptors (Lipinski definition) is 4. The molecule has 0 saturated heterocycles. The number of nitrogens with zero attached hydrogens (tertiary/aromatic N) is 1. The van der Waals surface area contributed by atoms with Gasteiger partial charge in [-0.3, -0.25) is 9.59 Å². The van der Waals surface area contributed by atoms with Crippen molar-refractivity contribution >= 4 is 39.3 Å². The molecule has 8 heteroatoms. The number of nitrogens with one attached hydrogen (secondary N) is 1. The van der Waals surface area contributed by atoms with Crippen LogP contribution in [0, 0.1) is 0 Å². The van der Waals surface area contributed by atoms with E-state index in [9.17, 15) is 9.59 Å². The molecule has 1 atom stereocenters. The number of rotatable bonds is 11. The van der Waals surface area contributed by atoms with Crippen molar-refractivity contribution in [3.63, 3.8) is 0 Å². The summed E-state index contributed by atoms with van der Waals surface area (Å²) in [5.74, 6) is 0.623. The smallest absolute Gasteiger partial charge is 0.261 e. The molecule has 0 saturated carbocycles. The van der Waals surface area contributed by atoms with Gasteiger partial charge in [0, 0.05) is 24.5 Å². The van der Waals surface area contributed by atoms with Gasteiger partial charge in [0.05, 0.1) is 11.6 Å². The summed E-state index contributed by atoms with van der Waals surface area (Å²) in [7, 11) is 1.59. The lowest BCUT2D eigenvalue weighted by Crippen LogP contribution is -2.51. The van der Waals surface area contributed by atoms with E-state index in [4.69, 9.17) is 21.1 Å². The third-order valence-corrected chi connectivity index (χ3v) is 6.21. The number of hydrogen-bond donors (Lipinski definition) is 1. The normalized spacial score (nSPS) is 11.4. The Bertz CT molecular complexity index is 1140. The zero-order valence-corrected chi connectivity index (χ0v) is 22.0. The van der Waals surface area contributed by atoms with Crippen LogP contribution in [-0.2, 0) is 22.6 Å². The number of ether oxygens (including phenoxy) is 2. The fourth-order valence-electron chi connectivity index (χ4n) is 3.63. The predicted molar refractivity (Wildman–Crippen MR) is 141 cm³/mol. The van der Waals surface area contributed by atoms with Crippen LogP contribution in [0.1, 0.15) is 18.1 Å². The van der Waals surface area contributed by atoms with Gasteiger partial charge in [0.2, 0.25) is 5.91 Å². The molecule has 0 radical (unpaired) electrons. The Kier molecular flexibility index (Phi) is 9.99. The van der Waals surface area contributed by atoms with E-state index in [1.807, 2.05) is 61.5 Å². The summed E-state index contributed by atoms with van der Waals surface area (Å²) in [6, 6.07) is 21.4. The zero-order chi connectivity index (χ0) is 25.2. The van der Waals surface area contributed by atoms with Crippen LogP contribution >= 0.6 is 27.5 Å². The quantitative estimate of drug-likeness (QED) is 0.348. The number of carbonyl (C=O) groups excluding carboxylic acids is 2. The highest BCUT2D eigenvalue weighted by molar-refractivity contribution is 9.10. The van der Waals surface area contributed by atoms with Crippen molar-refractivity contribution < 1.29 is 19.1 Å². The minimum absolute atomic E-state index is 0.218. The van der Waals surface area contributed by atoms with Gasteiger partial charge in [-0.2, -0.15) is 0 Å². The lowest BCUT2D eigenvalue weighted by Gasteiger charge is -2.31. The van der Waals surface area contributed by atoms with Crippen molar-refractivity contribution in [3.05, 3.63) is 93.4 Å². The Morgan fingerprint density at radius 1 is 1.03 bits per heavy atom. The number of amides is 2. The van der Waals surface area contributed by atoms with Crippen molar-refractivity contribution in [2.24, 2.45) is 0 Å². The Morgan fingerprint density at radius 2 is 1.77 bits per heavy atom. The maximum Gasteiger partial charge on any atom is 0.261 e. The summed E-state index contributed by atoms with van der Waals surface area (Å²) >= 11 is 9.42. The van der Waals surface area contributed by atoms with Gasteiger partial charge in [-0.1, -0.05) is 54.1 Å². The number of carbonyl (C=O) groups is 2. The third kappa shape index (κ3) is 7.73. The molecular formula is C27H28BrClN2O4. The molecule has 35 heavy (non-hydrogen) atoms. The highest BCUT2D eigenvalue weighted by atomic mass is 79.9. The topological polar surface area (TPSA) is 67.9 Å². The predicted octanol–water partition coefficient (Wildman–Crippen LogP) is 5.27. The minimum atomic E-state index is -0.728. The Balaban J connectivity index is 1.91. The van der Waals surface area contributed by atoms with Gasteiger partial charge in [0.15, 0.2) is 6.61 Å². The fraction of sp³-hybridized carbons (Fsp3) is 0.259. The number of likely N-dealkylation sites (N-methyl/N-ethyl adjacent to an activating group) is 1. The molecule has 2 amide bonds. The van der Waals surface area contributed by atoms with Crippen molar-refractivity contribution in [2.45, 2.75) is 25.9 Å². The molecule has 0 aliphatic carbocycles. The first-order chi connectivity index (χ1) is 16.9. The van der Waals surface area contributed by atoms with E-state index in [1.165, 1.54) is 0 Å². The van der Waals surface area contributed by atoms with E-state index in [-0.39, 0.29) is 25.0 Å². The maximum atomic E-state index is 13.5. The van der Waals surface area contributed by atoms with Gasteiger partial charge in [-0.05, 0) is 64.3 Å². The average molecular weight is 560 g/mol. The largest absolute Gasteiger partial charge is 0.497 e. The van der Waals surface area contributed by atoms with Crippen LogP contribution in [-0.4, -0.2) is 43.0 Å².